The van der Waals surface area contributed by atoms with E-state index in [-0.39, 0.29) is 23.7 Å². The molecule has 4 aliphatic carbocycles. The van der Waals surface area contributed by atoms with Gasteiger partial charge in [-0.1, -0.05) is 0 Å². The molecule has 1 aromatic carbocycles. The summed E-state index contributed by atoms with van der Waals surface area (Å²) in [6.07, 6.45) is 8.72. The second kappa shape index (κ2) is 7.51. The predicted molar refractivity (Wildman–Crippen MR) is 117 cm³/mol. The van der Waals surface area contributed by atoms with Gasteiger partial charge in [-0.25, -0.2) is 0 Å². The highest BCUT2D eigenvalue weighted by molar-refractivity contribution is 5.62. The van der Waals surface area contributed by atoms with Crippen molar-refractivity contribution in [2.75, 3.05) is 39.6 Å². The SMILES string of the molecule is Cc1cc(OCC2CO2)c(OCC2CO2)c(OCC2CO2)c1C12CC3CC(CC(C3)C1)C2. The zero-order chi connectivity index (χ0) is 21.3. The van der Waals surface area contributed by atoms with Gasteiger partial charge in [0, 0.05) is 11.0 Å². The minimum absolute atomic E-state index is 0.179. The van der Waals surface area contributed by atoms with Crippen molar-refractivity contribution in [3.8, 4) is 17.2 Å². The number of hydrogen-bond donors (Lipinski definition) is 0. The first-order chi connectivity index (χ1) is 15.6. The third kappa shape index (κ3) is 3.78. The molecule has 1 aromatic rings. The summed E-state index contributed by atoms with van der Waals surface area (Å²) in [6.45, 7) is 6.23. The van der Waals surface area contributed by atoms with Crippen molar-refractivity contribution in [3.05, 3.63) is 17.2 Å². The Balaban J connectivity index is 1.30. The van der Waals surface area contributed by atoms with Gasteiger partial charge in [-0.05, 0) is 74.8 Å². The van der Waals surface area contributed by atoms with Gasteiger partial charge in [0.15, 0.2) is 11.5 Å². The van der Waals surface area contributed by atoms with Gasteiger partial charge in [0.25, 0.3) is 0 Å². The minimum atomic E-state index is 0.179. The van der Waals surface area contributed by atoms with Crippen LogP contribution in [-0.4, -0.2) is 58.0 Å². The van der Waals surface area contributed by atoms with E-state index in [2.05, 4.69) is 13.0 Å². The van der Waals surface area contributed by atoms with Gasteiger partial charge in [-0.15, -0.1) is 0 Å². The summed E-state index contributed by atoms with van der Waals surface area (Å²) in [7, 11) is 0. The third-order valence-electron chi connectivity index (χ3n) is 8.43. The molecule has 4 saturated carbocycles. The summed E-state index contributed by atoms with van der Waals surface area (Å²) >= 11 is 0. The molecule has 3 atom stereocenters. The molecule has 0 amide bonds. The number of rotatable bonds is 10. The van der Waals surface area contributed by atoms with Crippen LogP contribution in [0.3, 0.4) is 0 Å². The lowest BCUT2D eigenvalue weighted by atomic mass is 9.47. The summed E-state index contributed by atoms with van der Waals surface area (Å²) in [5.41, 5.74) is 2.88. The van der Waals surface area contributed by atoms with Crippen LogP contribution < -0.4 is 14.2 Å². The van der Waals surface area contributed by atoms with Crippen LogP contribution in [-0.2, 0) is 19.6 Å². The van der Waals surface area contributed by atoms with E-state index in [1.54, 1.807) is 0 Å². The lowest BCUT2D eigenvalue weighted by molar-refractivity contribution is -0.00698. The van der Waals surface area contributed by atoms with E-state index in [1.807, 2.05) is 0 Å². The number of benzene rings is 1. The maximum atomic E-state index is 6.58. The van der Waals surface area contributed by atoms with E-state index in [0.717, 1.165) is 54.8 Å². The fraction of sp³-hybridized carbons (Fsp3) is 0.769. The lowest BCUT2D eigenvalue weighted by Crippen LogP contribution is -2.49. The second-order valence-corrected chi connectivity index (χ2v) is 11.2. The molecule has 3 aliphatic heterocycles. The number of epoxide rings is 3. The fourth-order valence-corrected chi connectivity index (χ4v) is 7.22. The molecular formula is C26H34O6. The van der Waals surface area contributed by atoms with E-state index in [4.69, 9.17) is 28.4 Å². The first-order valence-corrected chi connectivity index (χ1v) is 12.6. The molecule has 174 valence electrons. The molecule has 7 aliphatic rings. The van der Waals surface area contributed by atoms with Gasteiger partial charge in [-0.2, -0.15) is 0 Å². The van der Waals surface area contributed by atoms with Crippen molar-refractivity contribution in [2.24, 2.45) is 17.8 Å². The van der Waals surface area contributed by atoms with E-state index in [1.165, 1.54) is 49.7 Å². The molecule has 0 N–H and O–H groups in total. The summed E-state index contributed by atoms with van der Waals surface area (Å²) in [4.78, 5) is 0. The van der Waals surface area contributed by atoms with Crippen LogP contribution in [0.4, 0.5) is 0 Å². The maximum Gasteiger partial charge on any atom is 0.204 e. The Kier molecular flexibility index (Phi) is 4.67. The van der Waals surface area contributed by atoms with Crippen LogP contribution in [0.1, 0.15) is 49.7 Å². The van der Waals surface area contributed by atoms with E-state index in [0.29, 0.717) is 19.8 Å². The van der Waals surface area contributed by atoms with E-state index in [9.17, 15) is 0 Å². The fourth-order valence-electron chi connectivity index (χ4n) is 7.22. The van der Waals surface area contributed by atoms with Crippen LogP contribution in [0.15, 0.2) is 6.07 Å². The van der Waals surface area contributed by atoms with Crippen LogP contribution in [0.2, 0.25) is 0 Å². The predicted octanol–water partition coefficient (Wildman–Crippen LogP) is 3.80. The molecule has 0 radical (unpaired) electrons. The van der Waals surface area contributed by atoms with Crippen molar-refractivity contribution >= 4 is 0 Å². The smallest absolute Gasteiger partial charge is 0.204 e. The molecule has 4 bridgehead atoms. The summed E-state index contributed by atoms with van der Waals surface area (Å²) < 4.78 is 35.5. The Labute approximate surface area is 189 Å². The Hall–Kier alpha value is -1.50. The second-order valence-electron chi connectivity index (χ2n) is 11.2. The lowest BCUT2D eigenvalue weighted by Gasteiger charge is -2.57. The van der Waals surface area contributed by atoms with Crippen LogP contribution in [0.5, 0.6) is 17.2 Å². The van der Waals surface area contributed by atoms with Crippen molar-refractivity contribution < 1.29 is 28.4 Å². The maximum absolute atomic E-state index is 6.58. The highest BCUT2D eigenvalue weighted by Crippen LogP contribution is 2.64. The van der Waals surface area contributed by atoms with Gasteiger partial charge in [0.05, 0.1) is 19.8 Å². The summed E-state index contributed by atoms with van der Waals surface area (Å²) in [5, 5.41) is 0. The largest absolute Gasteiger partial charge is 0.487 e. The molecule has 6 heteroatoms. The average Bonchev–Trinajstić information content (AvgIpc) is 3.58. The van der Waals surface area contributed by atoms with Crippen molar-refractivity contribution in [1.82, 2.24) is 0 Å². The van der Waals surface area contributed by atoms with Crippen molar-refractivity contribution in [1.29, 1.82) is 0 Å². The van der Waals surface area contributed by atoms with Crippen molar-refractivity contribution in [2.45, 2.75) is 69.2 Å². The van der Waals surface area contributed by atoms with Gasteiger partial charge in [0.2, 0.25) is 5.75 Å². The zero-order valence-corrected chi connectivity index (χ0v) is 19.0. The molecule has 3 heterocycles. The van der Waals surface area contributed by atoms with Crippen molar-refractivity contribution in [3.63, 3.8) is 0 Å². The standard InChI is InChI=1S/C26H34O6/c1-15-2-22(30-12-19-9-27-19)24(31-13-20-10-28-20)25(32-14-21-11-29-21)23(15)26-6-16-3-17(7-26)5-18(4-16)8-26/h2,16-21H,3-14H2,1H3. The first kappa shape index (κ1) is 19.9. The van der Waals surface area contributed by atoms with Crippen LogP contribution >= 0.6 is 0 Å². The number of aryl methyl sites for hydroxylation is 1. The molecular weight excluding hydrogens is 408 g/mol. The molecule has 7 fully saturated rings. The molecule has 0 spiro atoms. The van der Waals surface area contributed by atoms with Gasteiger partial charge in [-0.3, -0.25) is 0 Å². The first-order valence-electron chi connectivity index (χ1n) is 12.6. The third-order valence-corrected chi connectivity index (χ3v) is 8.43. The highest BCUT2D eigenvalue weighted by Gasteiger charge is 2.53. The molecule has 3 unspecified atom stereocenters. The Morgan fingerprint density at radius 1 is 0.750 bits per heavy atom. The minimum Gasteiger partial charge on any atom is -0.487 e. The van der Waals surface area contributed by atoms with E-state index < -0.39 is 0 Å². The van der Waals surface area contributed by atoms with Gasteiger partial charge >= 0.3 is 0 Å². The quantitative estimate of drug-likeness (QED) is 0.514. The van der Waals surface area contributed by atoms with Gasteiger partial charge < -0.3 is 28.4 Å². The van der Waals surface area contributed by atoms with Crippen LogP contribution in [0.25, 0.3) is 0 Å². The normalized spacial score (nSPS) is 40.3. The number of ether oxygens (including phenoxy) is 6. The topological polar surface area (TPSA) is 65.3 Å². The number of hydrogen-bond acceptors (Lipinski definition) is 6. The average molecular weight is 443 g/mol. The highest BCUT2D eigenvalue weighted by atomic mass is 16.6. The molecule has 32 heavy (non-hydrogen) atoms. The monoisotopic (exact) mass is 442 g/mol. The summed E-state index contributed by atoms with van der Waals surface area (Å²) in [6, 6.07) is 2.19. The van der Waals surface area contributed by atoms with Crippen LogP contribution in [0, 0.1) is 24.7 Å². The Morgan fingerprint density at radius 2 is 1.22 bits per heavy atom. The van der Waals surface area contributed by atoms with E-state index >= 15 is 0 Å². The molecule has 3 saturated heterocycles. The zero-order valence-electron chi connectivity index (χ0n) is 19.0. The molecule has 8 rings (SSSR count). The molecule has 0 aromatic heterocycles. The Morgan fingerprint density at radius 3 is 1.72 bits per heavy atom. The summed E-state index contributed by atoms with van der Waals surface area (Å²) in [5.74, 6) is 5.05. The van der Waals surface area contributed by atoms with Gasteiger partial charge in [0.1, 0.15) is 38.1 Å². The molecule has 6 nitrogen and oxygen atoms in total. The Bertz CT molecular complexity index is 850.